The predicted octanol–water partition coefficient (Wildman–Crippen LogP) is 2.32. The van der Waals surface area contributed by atoms with Crippen LogP contribution < -0.4 is 14.8 Å². The summed E-state index contributed by atoms with van der Waals surface area (Å²) in [5, 5.41) is 13.0. The van der Waals surface area contributed by atoms with Crippen LogP contribution in [0.1, 0.15) is 39.2 Å². The molecule has 0 radical (unpaired) electrons. The summed E-state index contributed by atoms with van der Waals surface area (Å²) in [7, 11) is 3.20. The van der Waals surface area contributed by atoms with Crippen LogP contribution in [0.4, 0.5) is 0 Å². The van der Waals surface area contributed by atoms with E-state index in [1.807, 2.05) is 32.9 Å². The molecule has 26 heavy (non-hydrogen) atoms. The van der Waals surface area contributed by atoms with Gasteiger partial charge in [-0.1, -0.05) is 13.8 Å². The zero-order valence-electron chi connectivity index (χ0n) is 16.4. The maximum absolute atomic E-state index is 12.5. The highest BCUT2D eigenvalue weighted by Crippen LogP contribution is 2.51. The highest BCUT2D eigenvalue weighted by atomic mass is 16.5. The van der Waals surface area contributed by atoms with Crippen LogP contribution >= 0.6 is 0 Å². The number of aliphatic hydroxyl groups is 1. The highest BCUT2D eigenvalue weighted by molar-refractivity contribution is 5.77. The summed E-state index contributed by atoms with van der Waals surface area (Å²) in [5.74, 6) is 1.32. The summed E-state index contributed by atoms with van der Waals surface area (Å²) in [6, 6.07) is 5.60. The van der Waals surface area contributed by atoms with Gasteiger partial charge in [0.25, 0.3) is 0 Å². The quantitative estimate of drug-likeness (QED) is 0.702. The number of carbonyl (C=O) groups excluding carboxylic acids is 1. The largest absolute Gasteiger partial charge is 0.497 e. The molecule has 1 fully saturated rings. The van der Waals surface area contributed by atoms with Gasteiger partial charge < -0.3 is 24.6 Å². The first-order chi connectivity index (χ1) is 12.3. The molecule has 2 atom stereocenters. The predicted molar refractivity (Wildman–Crippen MR) is 99.6 cm³/mol. The molecule has 1 aliphatic rings. The van der Waals surface area contributed by atoms with E-state index in [-0.39, 0.29) is 24.0 Å². The first-order valence-corrected chi connectivity index (χ1v) is 9.07. The zero-order chi connectivity index (χ0) is 19.4. The van der Waals surface area contributed by atoms with E-state index in [1.54, 1.807) is 20.3 Å². The lowest BCUT2D eigenvalue weighted by atomic mass is 9.54. The molecule has 1 saturated carbocycles. The molecule has 2 rings (SSSR count). The van der Waals surface area contributed by atoms with Crippen molar-refractivity contribution in [1.82, 2.24) is 5.32 Å². The summed E-state index contributed by atoms with van der Waals surface area (Å²) < 4.78 is 16.2. The van der Waals surface area contributed by atoms with Gasteiger partial charge in [-0.3, -0.25) is 4.79 Å². The van der Waals surface area contributed by atoms with Crippen molar-refractivity contribution in [2.75, 3.05) is 27.4 Å². The van der Waals surface area contributed by atoms with Gasteiger partial charge in [0, 0.05) is 30.9 Å². The van der Waals surface area contributed by atoms with E-state index in [1.165, 1.54) is 0 Å². The average Bonchev–Trinajstić information content (AvgIpc) is 2.64. The lowest BCUT2D eigenvalue weighted by Crippen LogP contribution is -2.74. The first kappa shape index (κ1) is 20.5. The van der Waals surface area contributed by atoms with Crippen LogP contribution in [-0.4, -0.2) is 50.1 Å². The van der Waals surface area contributed by atoms with Crippen molar-refractivity contribution < 1.29 is 24.1 Å². The van der Waals surface area contributed by atoms with Gasteiger partial charge in [0.15, 0.2) is 0 Å². The molecular formula is C20H31NO5. The third kappa shape index (κ3) is 3.96. The number of hydrogen-bond donors (Lipinski definition) is 2. The summed E-state index contributed by atoms with van der Waals surface area (Å²) in [5.41, 5.74) is 0.0252. The number of ether oxygens (including phenoxy) is 3. The number of aliphatic hydroxyl groups excluding tert-OH is 1. The Hall–Kier alpha value is -1.79. The van der Waals surface area contributed by atoms with E-state index >= 15 is 0 Å². The number of aryl methyl sites for hydroxylation is 1. The summed E-state index contributed by atoms with van der Waals surface area (Å²) in [6.07, 6.45) is 1.56. The van der Waals surface area contributed by atoms with Crippen molar-refractivity contribution in [3.63, 3.8) is 0 Å². The van der Waals surface area contributed by atoms with Crippen LogP contribution in [0.3, 0.4) is 0 Å². The van der Waals surface area contributed by atoms with E-state index in [0.29, 0.717) is 37.4 Å². The third-order valence-corrected chi connectivity index (χ3v) is 5.64. The van der Waals surface area contributed by atoms with Crippen molar-refractivity contribution in [1.29, 1.82) is 0 Å². The SMILES string of the molecule is CCO[C@@H]1C[C@@](CO)(NC(=O)CCc2cc(OC)cc(OC)c2)C1(C)C. The Kier molecular flexibility index (Phi) is 6.53. The summed E-state index contributed by atoms with van der Waals surface area (Å²) in [4.78, 5) is 12.5. The van der Waals surface area contributed by atoms with Gasteiger partial charge in [-0.15, -0.1) is 0 Å². The number of benzene rings is 1. The Morgan fingerprint density at radius 1 is 1.23 bits per heavy atom. The van der Waals surface area contributed by atoms with Crippen molar-refractivity contribution >= 4 is 5.91 Å². The Morgan fingerprint density at radius 3 is 2.31 bits per heavy atom. The van der Waals surface area contributed by atoms with Gasteiger partial charge in [-0.05, 0) is 31.0 Å². The topological polar surface area (TPSA) is 77.0 Å². The smallest absolute Gasteiger partial charge is 0.220 e. The van der Waals surface area contributed by atoms with Crippen LogP contribution in [0.25, 0.3) is 0 Å². The van der Waals surface area contributed by atoms with Gasteiger partial charge in [0.2, 0.25) is 5.91 Å². The van der Waals surface area contributed by atoms with Gasteiger partial charge in [-0.25, -0.2) is 0 Å². The standard InChI is InChI=1S/C20H31NO5/c1-6-26-17-12-20(13-22,19(17,2)3)21-18(23)8-7-14-9-15(24-4)11-16(10-14)25-5/h9-11,17,22H,6-8,12-13H2,1-5H3,(H,21,23)/t17-,20+/m1/s1. The van der Waals surface area contributed by atoms with E-state index in [9.17, 15) is 9.90 Å². The third-order valence-electron chi connectivity index (χ3n) is 5.64. The molecule has 6 heteroatoms. The van der Waals surface area contributed by atoms with Crippen LogP contribution in [-0.2, 0) is 16.0 Å². The molecule has 6 nitrogen and oxygen atoms in total. The molecule has 1 aromatic rings. The van der Waals surface area contributed by atoms with Crippen LogP contribution in [0.15, 0.2) is 18.2 Å². The van der Waals surface area contributed by atoms with Crippen LogP contribution in [0.5, 0.6) is 11.5 Å². The van der Waals surface area contributed by atoms with Gasteiger partial charge in [0.1, 0.15) is 11.5 Å². The molecule has 1 aromatic carbocycles. The maximum Gasteiger partial charge on any atom is 0.220 e. The molecule has 0 aromatic heterocycles. The fraction of sp³-hybridized carbons (Fsp3) is 0.650. The second-order valence-electron chi connectivity index (χ2n) is 7.38. The zero-order valence-corrected chi connectivity index (χ0v) is 16.4. The van der Waals surface area contributed by atoms with E-state index < -0.39 is 5.54 Å². The van der Waals surface area contributed by atoms with Gasteiger partial charge >= 0.3 is 0 Å². The van der Waals surface area contributed by atoms with Crippen LogP contribution in [0, 0.1) is 5.41 Å². The molecule has 0 unspecified atom stereocenters. The number of methoxy groups -OCH3 is 2. The van der Waals surface area contributed by atoms with E-state index in [2.05, 4.69) is 5.32 Å². The molecule has 0 saturated heterocycles. The van der Waals surface area contributed by atoms with Crippen molar-refractivity contribution in [2.24, 2.45) is 5.41 Å². The summed E-state index contributed by atoms with van der Waals surface area (Å²) >= 11 is 0. The number of carbonyl (C=O) groups is 1. The molecule has 0 aliphatic heterocycles. The normalized spacial score (nSPS) is 23.8. The second kappa shape index (κ2) is 8.27. The fourth-order valence-electron chi connectivity index (χ4n) is 3.60. The van der Waals surface area contributed by atoms with Gasteiger partial charge in [0.05, 0.1) is 32.5 Å². The minimum absolute atomic E-state index is 0.0441. The fourth-order valence-corrected chi connectivity index (χ4v) is 3.60. The lowest BCUT2D eigenvalue weighted by molar-refractivity contribution is -0.181. The van der Waals surface area contributed by atoms with Crippen molar-refractivity contribution in [2.45, 2.75) is 51.7 Å². The monoisotopic (exact) mass is 365 g/mol. The van der Waals surface area contributed by atoms with E-state index in [4.69, 9.17) is 14.2 Å². The average molecular weight is 365 g/mol. The van der Waals surface area contributed by atoms with E-state index in [0.717, 1.165) is 5.56 Å². The molecular weight excluding hydrogens is 334 g/mol. The van der Waals surface area contributed by atoms with Crippen molar-refractivity contribution in [3.05, 3.63) is 23.8 Å². The molecule has 1 aliphatic carbocycles. The molecule has 146 valence electrons. The number of hydrogen-bond acceptors (Lipinski definition) is 5. The molecule has 0 heterocycles. The maximum atomic E-state index is 12.5. The van der Waals surface area contributed by atoms with Crippen LogP contribution in [0.2, 0.25) is 0 Å². The molecule has 0 spiro atoms. The lowest BCUT2D eigenvalue weighted by Gasteiger charge is -2.60. The van der Waals surface area contributed by atoms with Gasteiger partial charge in [-0.2, -0.15) is 0 Å². The molecule has 1 amide bonds. The second-order valence-corrected chi connectivity index (χ2v) is 7.38. The Balaban J connectivity index is 1.98. The number of amides is 1. The minimum Gasteiger partial charge on any atom is -0.497 e. The minimum atomic E-state index is -0.629. The molecule has 0 bridgehead atoms. The first-order valence-electron chi connectivity index (χ1n) is 9.07. The Morgan fingerprint density at radius 2 is 1.85 bits per heavy atom. The Labute approximate surface area is 155 Å². The molecule has 2 N–H and O–H groups in total. The van der Waals surface area contributed by atoms with Crippen molar-refractivity contribution in [3.8, 4) is 11.5 Å². The summed E-state index contributed by atoms with van der Waals surface area (Å²) in [6.45, 7) is 6.54. The number of rotatable bonds is 9. The Bertz CT molecular complexity index is 608. The number of nitrogens with one attached hydrogen (secondary N) is 1. The highest BCUT2D eigenvalue weighted by Gasteiger charge is 2.61.